The molecule has 114 valence electrons. The van der Waals surface area contributed by atoms with Crippen LogP contribution >= 0.6 is 0 Å². The van der Waals surface area contributed by atoms with Gasteiger partial charge in [0.15, 0.2) is 0 Å². The second kappa shape index (κ2) is 5.93. The molecular weight excluding hydrogens is 284 g/mol. The number of benzene rings is 2. The zero-order valence-corrected chi connectivity index (χ0v) is 12.6. The van der Waals surface area contributed by atoms with Gasteiger partial charge < -0.3 is 0 Å². The number of nitrogens with zero attached hydrogens (tertiary/aromatic N) is 2. The molecule has 22 heavy (non-hydrogen) atoms. The lowest BCUT2D eigenvalue weighted by molar-refractivity contribution is -0.385. The van der Waals surface area contributed by atoms with Gasteiger partial charge in [-0.1, -0.05) is 19.1 Å². The van der Waals surface area contributed by atoms with Crippen LogP contribution in [0.25, 0.3) is 0 Å². The quantitative estimate of drug-likeness (QED) is 0.623. The fraction of sp³-hybridized carbons (Fsp3) is 0.250. The van der Waals surface area contributed by atoms with Crippen molar-refractivity contribution >= 4 is 11.4 Å². The first-order valence-corrected chi connectivity index (χ1v) is 6.81. The van der Waals surface area contributed by atoms with Gasteiger partial charge in [-0.3, -0.25) is 20.2 Å². The normalized spacial score (nSPS) is 10.7. The van der Waals surface area contributed by atoms with Crippen molar-refractivity contribution in [3.05, 3.63) is 78.9 Å². The van der Waals surface area contributed by atoms with Gasteiger partial charge in [-0.15, -0.1) is 0 Å². The van der Waals surface area contributed by atoms with E-state index in [-0.39, 0.29) is 17.3 Å². The van der Waals surface area contributed by atoms with E-state index in [4.69, 9.17) is 0 Å². The minimum Gasteiger partial charge on any atom is -0.258 e. The van der Waals surface area contributed by atoms with Gasteiger partial charge in [-0.25, -0.2) is 0 Å². The van der Waals surface area contributed by atoms with Crippen LogP contribution in [0.2, 0.25) is 0 Å². The summed E-state index contributed by atoms with van der Waals surface area (Å²) in [5.74, 6) is 0.00149. The zero-order valence-electron chi connectivity index (χ0n) is 12.6. The van der Waals surface area contributed by atoms with Gasteiger partial charge in [0.25, 0.3) is 11.4 Å². The Bertz CT molecular complexity index is 692. The zero-order chi connectivity index (χ0) is 16.4. The van der Waals surface area contributed by atoms with E-state index >= 15 is 0 Å². The highest BCUT2D eigenvalue weighted by Gasteiger charge is 2.17. The van der Waals surface area contributed by atoms with Gasteiger partial charge in [0, 0.05) is 30.2 Å². The summed E-state index contributed by atoms with van der Waals surface area (Å²) in [5, 5.41) is 21.6. The Balaban J connectivity index is 2.42. The van der Waals surface area contributed by atoms with E-state index in [0.717, 1.165) is 22.3 Å². The van der Waals surface area contributed by atoms with Crippen molar-refractivity contribution < 1.29 is 9.85 Å². The minimum atomic E-state index is -0.418. The van der Waals surface area contributed by atoms with Crippen LogP contribution < -0.4 is 0 Å². The third kappa shape index (κ3) is 2.95. The number of rotatable bonds is 4. The number of hydrogen-bond acceptors (Lipinski definition) is 4. The van der Waals surface area contributed by atoms with Crippen LogP contribution in [0, 0.1) is 34.1 Å². The van der Waals surface area contributed by atoms with Gasteiger partial charge in [0.1, 0.15) is 0 Å². The fourth-order valence-electron chi connectivity index (χ4n) is 2.69. The Morgan fingerprint density at radius 1 is 0.818 bits per heavy atom. The Morgan fingerprint density at radius 2 is 1.18 bits per heavy atom. The summed E-state index contributed by atoms with van der Waals surface area (Å²) < 4.78 is 0. The molecule has 0 heterocycles. The van der Waals surface area contributed by atoms with Crippen molar-refractivity contribution in [2.45, 2.75) is 26.7 Å². The van der Waals surface area contributed by atoms with Crippen LogP contribution in [0.15, 0.2) is 36.4 Å². The van der Waals surface area contributed by atoms with Crippen molar-refractivity contribution in [3.8, 4) is 0 Å². The Kier molecular flexibility index (Phi) is 4.21. The first kappa shape index (κ1) is 15.6. The molecule has 0 atom stereocenters. The Morgan fingerprint density at radius 3 is 1.45 bits per heavy atom. The van der Waals surface area contributed by atoms with Crippen LogP contribution in [-0.2, 0) is 0 Å². The number of non-ortho nitro benzene ring substituents is 2. The molecule has 6 nitrogen and oxygen atoms in total. The van der Waals surface area contributed by atoms with Crippen molar-refractivity contribution in [1.82, 2.24) is 0 Å². The average molecular weight is 300 g/mol. The SMILES string of the molecule is Cc1cc([N+](=O)[O-])ccc1C(C)c1ccc([N+](=O)[O-])cc1C. The summed E-state index contributed by atoms with van der Waals surface area (Å²) in [6, 6.07) is 9.57. The molecular formula is C16H16N2O4. The Labute approximate surface area is 127 Å². The standard InChI is InChI=1S/C16H16N2O4/c1-10-8-13(17(19)20)4-6-15(10)12(3)16-7-5-14(18(21)22)9-11(16)2/h4-9,12H,1-3H3. The number of aryl methyl sites for hydroxylation is 2. The summed E-state index contributed by atoms with van der Waals surface area (Å²) >= 11 is 0. The molecule has 0 spiro atoms. The minimum absolute atomic E-state index is 0.00149. The summed E-state index contributed by atoms with van der Waals surface area (Å²) in [7, 11) is 0. The number of nitro benzene ring substituents is 2. The third-order valence-corrected chi connectivity index (χ3v) is 3.86. The largest absolute Gasteiger partial charge is 0.269 e. The summed E-state index contributed by atoms with van der Waals surface area (Å²) in [5.41, 5.74) is 3.74. The molecule has 0 radical (unpaired) electrons. The fourth-order valence-corrected chi connectivity index (χ4v) is 2.69. The third-order valence-electron chi connectivity index (χ3n) is 3.86. The molecule has 0 aliphatic heterocycles. The van der Waals surface area contributed by atoms with E-state index in [1.807, 2.05) is 20.8 Å². The highest BCUT2D eigenvalue weighted by Crippen LogP contribution is 2.32. The van der Waals surface area contributed by atoms with Crippen LogP contribution in [0.3, 0.4) is 0 Å². The second-order valence-corrected chi connectivity index (χ2v) is 5.32. The molecule has 0 aliphatic carbocycles. The molecule has 2 rings (SSSR count). The molecule has 0 saturated carbocycles. The van der Waals surface area contributed by atoms with E-state index < -0.39 is 9.85 Å². The van der Waals surface area contributed by atoms with Crippen LogP contribution in [-0.4, -0.2) is 9.85 Å². The van der Waals surface area contributed by atoms with Crippen molar-refractivity contribution in [2.24, 2.45) is 0 Å². The number of hydrogen-bond donors (Lipinski definition) is 0. The lowest BCUT2D eigenvalue weighted by Crippen LogP contribution is -2.02. The van der Waals surface area contributed by atoms with Crippen LogP contribution in [0.5, 0.6) is 0 Å². The predicted molar refractivity (Wildman–Crippen MR) is 83.2 cm³/mol. The summed E-state index contributed by atoms with van der Waals surface area (Å²) in [6.45, 7) is 5.65. The molecule has 0 fully saturated rings. The average Bonchev–Trinajstić information content (AvgIpc) is 2.46. The van der Waals surface area contributed by atoms with E-state index in [0.29, 0.717) is 0 Å². The topological polar surface area (TPSA) is 86.3 Å². The summed E-state index contributed by atoms with van der Waals surface area (Å²) in [4.78, 5) is 20.8. The van der Waals surface area contributed by atoms with Gasteiger partial charge >= 0.3 is 0 Å². The van der Waals surface area contributed by atoms with E-state index in [9.17, 15) is 20.2 Å². The second-order valence-electron chi connectivity index (χ2n) is 5.32. The molecule has 2 aromatic carbocycles. The molecule has 0 saturated heterocycles. The van der Waals surface area contributed by atoms with E-state index in [2.05, 4.69) is 0 Å². The molecule has 6 heteroatoms. The molecule has 0 unspecified atom stereocenters. The maximum Gasteiger partial charge on any atom is 0.269 e. The summed E-state index contributed by atoms with van der Waals surface area (Å²) in [6.07, 6.45) is 0. The molecule has 0 aromatic heterocycles. The molecule has 0 amide bonds. The highest BCUT2D eigenvalue weighted by atomic mass is 16.6. The molecule has 0 aliphatic rings. The molecule has 0 bridgehead atoms. The van der Waals surface area contributed by atoms with Gasteiger partial charge in [-0.2, -0.15) is 0 Å². The first-order valence-electron chi connectivity index (χ1n) is 6.81. The van der Waals surface area contributed by atoms with Crippen molar-refractivity contribution in [2.75, 3.05) is 0 Å². The lowest BCUT2D eigenvalue weighted by atomic mass is 9.87. The maximum absolute atomic E-state index is 10.8. The van der Waals surface area contributed by atoms with Crippen molar-refractivity contribution in [3.63, 3.8) is 0 Å². The first-order chi connectivity index (χ1) is 10.3. The van der Waals surface area contributed by atoms with Crippen molar-refractivity contribution in [1.29, 1.82) is 0 Å². The van der Waals surface area contributed by atoms with E-state index in [1.165, 1.54) is 12.1 Å². The van der Waals surface area contributed by atoms with Crippen LogP contribution in [0.1, 0.15) is 35.1 Å². The maximum atomic E-state index is 10.8. The van der Waals surface area contributed by atoms with Gasteiger partial charge in [0.2, 0.25) is 0 Å². The van der Waals surface area contributed by atoms with Crippen LogP contribution in [0.4, 0.5) is 11.4 Å². The number of nitro groups is 2. The molecule has 2 aromatic rings. The lowest BCUT2D eigenvalue weighted by Gasteiger charge is -2.17. The predicted octanol–water partition coefficient (Wildman–Crippen LogP) is 4.27. The molecule has 0 N–H and O–H groups in total. The Hall–Kier alpha value is -2.76. The monoisotopic (exact) mass is 300 g/mol. The van der Waals surface area contributed by atoms with Gasteiger partial charge in [-0.05, 0) is 36.1 Å². The smallest absolute Gasteiger partial charge is 0.258 e. The van der Waals surface area contributed by atoms with Gasteiger partial charge in [0.05, 0.1) is 9.85 Å². The van der Waals surface area contributed by atoms with E-state index in [1.54, 1.807) is 24.3 Å². The highest BCUT2D eigenvalue weighted by molar-refractivity contribution is 5.47.